The van der Waals surface area contributed by atoms with Crippen LogP contribution in [0.1, 0.15) is 90.0 Å². The number of alkyl halides is 1. The van der Waals surface area contributed by atoms with Crippen LogP contribution < -0.4 is 65.5 Å². The minimum absolute atomic E-state index is 0.0104. The second-order valence-corrected chi connectivity index (χ2v) is 19.6. The van der Waals surface area contributed by atoms with Crippen molar-refractivity contribution in [2.24, 2.45) is 27.9 Å². The van der Waals surface area contributed by atoms with Crippen molar-refractivity contribution in [3.63, 3.8) is 0 Å². The van der Waals surface area contributed by atoms with Crippen molar-refractivity contribution in [3.05, 3.63) is 47.7 Å². The number of allylic oxidation sites excluding steroid dienone is 1. The Balaban J connectivity index is 2.97. The topological polar surface area (TPSA) is 525 Å². The Morgan fingerprint density at radius 1 is 0.675 bits per heavy atom. The van der Waals surface area contributed by atoms with E-state index in [1.165, 1.54) is 6.92 Å². The van der Waals surface area contributed by atoms with E-state index in [2.05, 4.69) is 36.9 Å². The molecule has 1 saturated heterocycles. The number of imide groups is 1. The first-order valence-electron chi connectivity index (χ1n) is 26.9. The maximum absolute atomic E-state index is 14.7. The van der Waals surface area contributed by atoms with Gasteiger partial charge in [-0.15, -0.1) is 11.6 Å². The third-order valence-corrected chi connectivity index (χ3v) is 13.2. The number of nitrogens with one attached hydrogen (secondary N) is 8. The number of carbonyl (C=O) groups excluding carboxylic acids is 10. The number of carbonyl (C=O) groups is 11. The van der Waals surface area contributed by atoms with E-state index in [0.717, 1.165) is 25.3 Å². The van der Waals surface area contributed by atoms with Crippen LogP contribution >= 0.6 is 11.6 Å². The number of carboxylic acids is 1. The molecule has 0 aromatic heterocycles. The van der Waals surface area contributed by atoms with Gasteiger partial charge in [-0.25, -0.2) is 4.79 Å². The molecule has 1 aliphatic heterocycles. The van der Waals surface area contributed by atoms with E-state index in [9.17, 15) is 83.4 Å². The summed E-state index contributed by atoms with van der Waals surface area (Å²) in [6.45, 7) is -0.174. The Morgan fingerprint density at radius 2 is 1.22 bits per heavy atom. The molecule has 0 saturated carbocycles. The monoisotopic (exact) mass is 1200 g/mol. The normalized spacial score (nSPS) is 24.0. The molecule has 0 bridgehead atoms. The smallest absolute Gasteiger partial charge is 0.335 e. The van der Waals surface area contributed by atoms with Gasteiger partial charge in [-0.3, -0.25) is 57.8 Å². The number of nitrogens with zero attached hydrogens (tertiary/aromatic N) is 2. The van der Waals surface area contributed by atoms with Gasteiger partial charge >= 0.3 is 5.97 Å². The molecular weight excluding hydrogens is 1120 g/mol. The highest BCUT2D eigenvalue weighted by molar-refractivity contribution is 6.18. The molecule has 22 N–H and O–H groups in total. The maximum atomic E-state index is 14.7. The number of amides is 10. The number of unbranched alkanes of at least 4 members (excludes halogenated alkanes) is 4. The van der Waals surface area contributed by atoms with Gasteiger partial charge in [-0.05, 0) is 57.7 Å². The zero-order valence-corrected chi connectivity index (χ0v) is 47.1. The zero-order valence-electron chi connectivity index (χ0n) is 46.3. The molecular formula is C51H81ClN14O17. The number of aliphatic carboxylic acids is 1. The number of nitrogens with two attached hydrogens (primary N) is 4. The van der Waals surface area contributed by atoms with E-state index in [4.69, 9.17) is 34.5 Å². The van der Waals surface area contributed by atoms with Crippen LogP contribution in [0.2, 0.25) is 0 Å². The maximum Gasteiger partial charge on any atom is 0.335 e. The number of halogens is 1. The predicted molar refractivity (Wildman–Crippen MR) is 297 cm³/mol. The van der Waals surface area contributed by atoms with Gasteiger partial charge in [0.25, 0.3) is 11.8 Å². The van der Waals surface area contributed by atoms with Gasteiger partial charge in [0.15, 0.2) is 12.1 Å². The molecule has 11 atom stereocenters. The van der Waals surface area contributed by atoms with E-state index in [1.54, 1.807) is 30.3 Å². The number of aliphatic imine (C=N–C) groups is 1. The van der Waals surface area contributed by atoms with Crippen LogP contribution in [0.25, 0.3) is 0 Å². The molecule has 32 heteroatoms. The summed E-state index contributed by atoms with van der Waals surface area (Å²) in [6.07, 6.45) is -4.25. The molecule has 1 fully saturated rings. The van der Waals surface area contributed by atoms with Gasteiger partial charge < -0.3 is 96.1 Å². The molecule has 10 amide bonds. The molecule has 464 valence electrons. The highest BCUT2D eigenvalue weighted by atomic mass is 35.5. The summed E-state index contributed by atoms with van der Waals surface area (Å²) in [5, 5.41) is 82.1. The van der Waals surface area contributed by atoms with Crippen molar-refractivity contribution in [2.45, 2.75) is 158 Å². The fourth-order valence-corrected chi connectivity index (χ4v) is 8.48. The lowest BCUT2D eigenvalue weighted by molar-refractivity contribution is -0.158. The van der Waals surface area contributed by atoms with E-state index in [0.29, 0.717) is 18.4 Å². The largest absolute Gasteiger partial charge is 0.479 e. The van der Waals surface area contributed by atoms with E-state index < -0.39 is 163 Å². The highest BCUT2D eigenvalue weighted by Gasteiger charge is 2.45. The van der Waals surface area contributed by atoms with Gasteiger partial charge in [0.2, 0.25) is 47.3 Å². The number of benzene rings is 1. The minimum atomic E-state index is -2.89. The first-order valence-corrected chi connectivity index (χ1v) is 27.5. The number of aliphatic hydroxyl groups is 5. The third-order valence-electron chi connectivity index (χ3n) is 12.9. The Labute approximate surface area is 483 Å². The molecule has 1 aliphatic rings. The summed E-state index contributed by atoms with van der Waals surface area (Å²) in [5.41, 5.74) is 22.3. The van der Waals surface area contributed by atoms with Gasteiger partial charge in [-0.1, -0.05) is 75.4 Å². The molecule has 0 aliphatic carbocycles. The summed E-state index contributed by atoms with van der Waals surface area (Å²) in [7, 11) is 0. The number of hydrogen-bond acceptors (Lipinski definition) is 19. The number of aliphatic hydroxyl groups excluding tert-OH is 5. The van der Waals surface area contributed by atoms with Crippen molar-refractivity contribution >= 4 is 82.6 Å². The van der Waals surface area contributed by atoms with Crippen LogP contribution in [0.3, 0.4) is 0 Å². The van der Waals surface area contributed by atoms with Crippen LogP contribution in [0.15, 0.2) is 47.1 Å². The van der Waals surface area contributed by atoms with E-state index in [1.807, 2.05) is 17.6 Å². The third kappa shape index (κ3) is 23.8. The lowest BCUT2D eigenvalue weighted by atomic mass is 10.0. The predicted octanol–water partition coefficient (Wildman–Crippen LogP) is -6.73. The Kier molecular flexibility index (Phi) is 32.5. The Morgan fingerprint density at radius 3 is 1.72 bits per heavy atom. The molecule has 1 aromatic carbocycles. The summed E-state index contributed by atoms with van der Waals surface area (Å²) in [6, 6.07) is -8.01. The SMILES string of the molecule is C/C=C1\NC(=O)[C@H](Cc2ccccc2)NC(=O)[C@H](CCCN=C(N)N)NC(=O)[C@@H](CCN)NC(=O)[C@H](CCN)NC(=O)[C@@H](CO)NC(=O)[C@H](CO)N(C(=O)CC(O)CCCCCCC)C(=O)[C@H](C(O)CCl)NC(=O)[C@H](C(O)C(=O)O)NC1=O. The lowest BCUT2D eigenvalue weighted by Crippen LogP contribution is -2.66. The molecule has 0 spiro atoms. The fourth-order valence-electron chi connectivity index (χ4n) is 8.31. The second-order valence-electron chi connectivity index (χ2n) is 19.3. The van der Waals surface area contributed by atoms with Gasteiger partial charge in [0, 0.05) is 13.0 Å². The van der Waals surface area contributed by atoms with E-state index >= 15 is 0 Å². The molecule has 1 aromatic rings. The summed E-state index contributed by atoms with van der Waals surface area (Å²) < 4.78 is 0. The van der Waals surface area contributed by atoms with Gasteiger partial charge in [0.05, 0.1) is 37.7 Å². The van der Waals surface area contributed by atoms with Crippen molar-refractivity contribution in [2.75, 3.05) is 38.7 Å². The number of guanidine groups is 1. The van der Waals surface area contributed by atoms with Gasteiger partial charge in [0.1, 0.15) is 54.0 Å². The van der Waals surface area contributed by atoms with Crippen molar-refractivity contribution in [1.82, 2.24) is 47.4 Å². The number of carboxylic acid groups (broad SMARTS) is 1. The van der Waals surface area contributed by atoms with Crippen LogP contribution in [-0.2, 0) is 59.2 Å². The zero-order chi connectivity index (χ0) is 62.3. The van der Waals surface area contributed by atoms with Crippen LogP contribution in [0, 0.1) is 0 Å². The number of rotatable bonds is 24. The first-order chi connectivity index (χ1) is 39.4. The van der Waals surface area contributed by atoms with Crippen LogP contribution in [0.4, 0.5) is 0 Å². The van der Waals surface area contributed by atoms with Crippen LogP contribution in [0.5, 0.6) is 0 Å². The van der Waals surface area contributed by atoms with Gasteiger partial charge in [-0.2, -0.15) is 0 Å². The minimum Gasteiger partial charge on any atom is -0.479 e. The molecule has 0 radical (unpaired) electrons. The fraction of sp³-hybridized carbons (Fsp3) is 0.608. The lowest BCUT2D eigenvalue weighted by Gasteiger charge is -2.34. The standard InChI is InChI=1S/C51H81ClN14O17/c1-3-5-6-7-11-15-28(69)23-37(71)66-35(26-68)47(79)63-34(25-67)46(78)61-32(18-20-54)44(76)60-31(17-19-53)43(75)59-30(16-12-21-57-51(55)56)42(74)62-33(22-27-13-9-8-10-14-27)45(77)58-29(4-2)41(73)65-39(40(72)50(82)83)48(80)64-38(49(66)81)36(70)24-52/h4,8-10,13-14,28,30-36,38-40,67-70,72H,3,5-7,11-12,15-26,53-54H2,1-2H3,(H,58,77)(H,59,75)(H,60,76)(H,61,78)(H,62,74)(H,63,79)(H,64,80)(H,65,73)(H,82,83)(H4,55,56,57)/b29-4-/t28?,30-,31+,32-,33-,34+,35-,36?,38-,39-,40?/m0/s1. The van der Waals surface area contributed by atoms with Crippen molar-refractivity contribution in [1.29, 1.82) is 0 Å². The van der Waals surface area contributed by atoms with Crippen molar-refractivity contribution in [3.8, 4) is 0 Å². The molecule has 2 rings (SSSR count). The second kappa shape index (κ2) is 37.7. The molecule has 31 nitrogen and oxygen atoms in total. The number of hydrogen-bond donors (Lipinski definition) is 18. The van der Waals surface area contributed by atoms with Crippen LogP contribution in [-0.4, -0.2) is 212 Å². The average Bonchev–Trinajstić information content (AvgIpc) is 3.60. The molecule has 83 heavy (non-hydrogen) atoms. The highest BCUT2D eigenvalue weighted by Crippen LogP contribution is 2.17. The Bertz CT molecular complexity index is 2420. The Hall–Kier alpha value is -7.39. The molecule has 3 unspecified atom stereocenters. The molecule has 1 heterocycles. The quantitative estimate of drug-likeness (QED) is 0.0150. The summed E-state index contributed by atoms with van der Waals surface area (Å²) in [5.74, 6) is -17.0. The van der Waals surface area contributed by atoms with Crippen molar-refractivity contribution < 1.29 is 83.4 Å². The summed E-state index contributed by atoms with van der Waals surface area (Å²) in [4.78, 5) is 158. The summed E-state index contributed by atoms with van der Waals surface area (Å²) >= 11 is 5.96. The first kappa shape index (κ1) is 71.7. The van der Waals surface area contributed by atoms with E-state index in [-0.39, 0.29) is 69.0 Å². The average molecular weight is 1200 g/mol.